The first-order valence-corrected chi connectivity index (χ1v) is 11.2. The molecule has 1 N–H and O–H groups in total. The first-order chi connectivity index (χ1) is 14.2. The van der Waals surface area contributed by atoms with Crippen molar-refractivity contribution in [3.8, 4) is 5.75 Å². The molecule has 1 atom stereocenters. The second-order valence-corrected chi connectivity index (χ2v) is 8.68. The molecule has 1 unspecified atom stereocenters. The predicted molar refractivity (Wildman–Crippen MR) is 117 cm³/mol. The first kappa shape index (κ1) is 18.3. The van der Waals surface area contributed by atoms with Crippen LogP contribution in [-0.4, -0.2) is 40.1 Å². The molecule has 3 aromatic heterocycles. The summed E-state index contributed by atoms with van der Waals surface area (Å²) in [5.41, 5.74) is 0.854. The first-order valence-electron chi connectivity index (χ1n) is 9.52. The number of thiophene rings is 1. The number of carbonyl (C=O) groups excluding carboxylic acids is 1. The topological polar surface area (TPSA) is 80.2 Å². The molecule has 1 amide bonds. The molecule has 5 rings (SSSR count). The Labute approximate surface area is 175 Å². The summed E-state index contributed by atoms with van der Waals surface area (Å²) in [6.07, 6.45) is 3.32. The van der Waals surface area contributed by atoms with Crippen molar-refractivity contribution in [1.29, 1.82) is 0 Å². The maximum atomic E-state index is 13.1. The van der Waals surface area contributed by atoms with E-state index in [1.165, 1.54) is 11.3 Å². The quantitative estimate of drug-likeness (QED) is 0.513. The van der Waals surface area contributed by atoms with Crippen LogP contribution in [0.5, 0.6) is 5.75 Å². The van der Waals surface area contributed by atoms with Crippen molar-refractivity contribution in [2.24, 2.45) is 0 Å². The van der Waals surface area contributed by atoms with Crippen LogP contribution < -0.4 is 15.0 Å². The van der Waals surface area contributed by atoms with Crippen molar-refractivity contribution < 1.29 is 9.53 Å². The lowest BCUT2D eigenvalue weighted by Crippen LogP contribution is -2.40. The number of rotatable bonds is 5. The Morgan fingerprint density at radius 1 is 1.34 bits per heavy atom. The van der Waals surface area contributed by atoms with Gasteiger partial charge < -0.3 is 15.0 Å². The highest BCUT2D eigenvalue weighted by molar-refractivity contribution is 7.22. The van der Waals surface area contributed by atoms with Gasteiger partial charge in [0.2, 0.25) is 5.91 Å². The molecule has 29 heavy (non-hydrogen) atoms. The van der Waals surface area contributed by atoms with E-state index in [0.29, 0.717) is 11.7 Å². The number of hydrogen-bond acceptors (Lipinski definition) is 8. The highest BCUT2D eigenvalue weighted by atomic mass is 32.1. The van der Waals surface area contributed by atoms with Crippen LogP contribution in [0.15, 0.2) is 36.0 Å². The van der Waals surface area contributed by atoms with E-state index in [0.717, 1.165) is 51.4 Å². The van der Waals surface area contributed by atoms with Crippen LogP contribution in [0.25, 0.3) is 20.4 Å². The van der Waals surface area contributed by atoms with Gasteiger partial charge in [0.05, 0.1) is 22.2 Å². The monoisotopic (exact) mass is 425 g/mol. The number of carbonyl (C=O) groups is 1. The zero-order chi connectivity index (χ0) is 19.8. The molecule has 4 aromatic rings. The summed E-state index contributed by atoms with van der Waals surface area (Å²) in [5.74, 6) is 1.60. The lowest BCUT2D eigenvalue weighted by molar-refractivity contribution is -0.117. The van der Waals surface area contributed by atoms with Gasteiger partial charge in [-0.15, -0.1) is 11.3 Å². The second-order valence-electron chi connectivity index (χ2n) is 6.76. The molecule has 0 radical (unpaired) electrons. The zero-order valence-corrected chi connectivity index (χ0v) is 17.4. The average Bonchev–Trinajstić information content (AvgIpc) is 3.46. The fourth-order valence-corrected chi connectivity index (χ4v) is 5.33. The van der Waals surface area contributed by atoms with Crippen molar-refractivity contribution in [3.05, 3.63) is 36.0 Å². The van der Waals surface area contributed by atoms with Crippen molar-refractivity contribution in [1.82, 2.24) is 15.0 Å². The van der Waals surface area contributed by atoms with Gasteiger partial charge >= 0.3 is 0 Å². The van der Waals surface area contributed by atoms with Crippen LogP contribution in [0.2, 0.25) is 0 Å². The summed E-state index contributed by atoms with van der Waals surface area (Å²) in [6.45, 7) is 3.38. The van der Waals surface area contributed by atoms with E-state index in [2.05, 4.69) is 25.2 Å². The number of anilines is 2. The number of fused-ring (bicyclic) bond motifs is 2. The van der Waals surface area contributed by atoms with Crippen LogP contribution in [0.1, 0.15) is 19.8 Å². The Morgan fingerprint density at radius 3 is 3.17 bits per heavy atom. The van der Waals surface area contributed by atoms with E-state index < -0.39 is 0 Å². The second kappa shape index (κ2) is 7.57. The number of nitrogens with one attached hydrogen (secondary N) is 1. The summed E-state index contributed by atoms with van der Waals surface area (Å²) in [5, 5.41) is 6.62. The standard InChI is InChI=1S/C20H19N5O2S2/c1-2-27-12-5-6-14-16(10-12)29-20(23-14)24-18(26)15-4-3-8-25(15)17-13-7-9-28-19(13)22-11-21-17/h5-7,9-11,15H,2-4,8H2,1H3,(H,23,24,26). The van der Waals surface area contributed by atoms with Crippen LogP contribution in [0.4, 0.5) is 10.9 Å². The summed E-state index contributed by atoms with van der Waals surface area (Å²) in [6, 6.07) is 7.53. The Bertz CT molecular complexity index is 1190. The van der Waals surface area contributed by atoms with Gasteiger partial charge in [-0.05, 0) is 49.4 Å². The van der Waals surface area contributed by atoms with E-state index in [9.17, 15) is 4.79 Å². The number of amides is 1. The summed E-state index contributed by atoms with van der Waals surface area (Å²) in [4.78, 5) is 29.4. The maximum Gasteiger partial charge on any atom is 0.248 e. The SMILES string of the molecule is CCOc1ccc2nc(NC(=O)C3CCCN3c3ncnc4sccc34)sc2c1. The van der Waals surface area contributed by atoms with Gasteiger partial charge in [-0.1, -0.05) is 11.3 Å². The lowest BCUT2D eigenvalue weighted by atomic mass is 10.2. The van der Waals surface area contributed by atoms with Crippen molar-refractivity contribution in [2.75, 3.05) is 23.4 Å². The highest BCUT2D eigenvalue weighted by Gasteiger charge is 2.33. The Balaban J connectivity index is 1.38. The number of benzene rings is 1. The minimum absolute atomic E-state index is 0.0476. The third kappa shape index (κ3) is 3.40. The molecule has 1 fully saturated rings. The minimum atomic E-state index is -0.265. The number of thiazole rings is 1. The molecule has 0 bridgehead atoms. The molecule has 0 aliphatic carbocycles. The van der Waals surface area contributed by atoms with Crippen LogP contribution in [0.3, 0.4) is 0 Å². The molecule has 0 spiro atoms. The molecule has 1 aliphatic rings. The zero-order valence-electron chi connectivity index (χ0n) is 15.8. The van der Waals surface area contributed by atoms with Crippen LogP contribution >= 0.6 is 22.7 Å². The van der Waals surface area contributed by atoms with Gasteiger partial charge in [0.15, 0.2) is 5.13 Å². The normalized spacial score (nSPS) is 16.6. The average molecular weight is 426 g/mol. The number of ether oxygens (including phenoxy) is 1. The Kier molecular flexibility index (Phi) is 4.76. The van der Waals surface area contributed by atoms with Gasteiger partial charge in [0, 0.05) is 6.54 Å². The molecule has 148 valence electrons. The Hall–Kier alpha value is -2.78. The minimum Gasteiger partial charge on any atom is -0.494 e. The van der Waals surface area contributed by atoms with Gasteiger partial charge in [0.1, 0.15) is 28.8 Å². The summed E-state index contributed by atoms with van der Waals surface area (Å²) in [7, 11) is 0. The van der Waals surface area contributed by atoms with Crippen molar-refractivity contribution in [2.45, 2.75) is 25.8 Å². The smallest absolute Gasteiger partial charge is 0.248 e. The molecule has 7 nitrogen and oxygen atoms in total. The van der Waals surface area contributed by atoms with E-state index in [4.69, 9.17) is 4.74 Å². The van der Waals surface area contributed by atoms with Gasteiger partial charge in [-0.2, -0.15) is 0 Å². The molecule has 4 heterocycles. The molecule has 0 saturated carbocycles. The fraction of sp³-hybridized carbons (Fsp3) is 0.300. The molecular formula is C20H19N5O2S2. The van der Waals surface area contributed by atoms with E-state index in [1.807, 2.05) is 36.6 Å². The van der Waals surface area contributed by atoms with Crippen molar-refractivity contribution in [3.63, 3.8) is 0 Å². The van der Waals surface area contributed by atoms with E-state index >= 15 is 0 Å². The Morgan fingerprint density at radius 2 is 2.28 bits per heavy atom. The number of hydrogen-bond donors (Lipinski definition) is 1. The third-order valence-electron chi connectivity index (χ3n) is 4.97. The van der Waals surface area contributed by atoms with Gasteiger partial charge in [-0.3, -0.25) is 4.79 Å². The molecule has 9 heteroatoms. The largest absolute Gasteiger partial charge is 0.494 e. The predicted octanol–water partition coefficient (Wildman–Crippen LogP) is 4.31. The third-order valence-corrected chi connectivity index (χ3v) is 6.72. The summed E-state index contributed by atoms with van der Waals surface area (Å²) >= 11 is 3.04. The van der Waals surface area contributed by atoms with Gasteiger partial charge in [-0.25, -0.2) is 15.0 Å². The van der Waals surface area contributed by atoms with Crippen LogP contribution in [-0.2, 0) is 4.79 Å². The van der Waals surface area contributed by atoms with E-state index in [-0.39, 0.29) is 11.9 Å². The lowest BCUT2D eigenvalue weighted by Gasteiger charge is -2.24. The van der Waals surface area contributed by atoms with Crippen LogP contribution in [0, 0.1) is 0 Å². The number of nitrogens with zero attached hydrogens (tertiary/aromatic N) is 4. The fourth-order valence-electron chi connectivity index (χ4n) is 3.70. The summed E-state index contributed by atoms with van der Waals surface area (Å²) < 4.78 is 6.54. The molecule has 1 aromatic carbocycles. The number of aromatic nitrogens is 3. The van der Waals surface area contributed by atoms with E-state index in [1.54, 1.807) is 17.7 Å². The highest BCUT2D eigenvalue weighted by Crippen LogP contribution is 2.33. The van der Waals surface area contributed by atoms with Gasteiger partial charge in [0.25, 0.3) is 0 Å². The molecule has 1 saturated heterocycles. The maximum absolute atomic E-state index is 13.1. The van der Waals surface area contributed by atoms with Crippen molar-refractivity contribution >= 4 is 60.0 Å². The molecular weight excluding hydrogens is 406 g/mol. The molecule has 1 aliphatic heterocycles.